The molecule has 2 aliphatic rings. The first-order chi connectivity index (χ1) is 6.96. The van der Waals surface area contributed by atoms with Crippen LogP contribution in [-0.4, -0.2) is 37.5 Å². The van der Waals surface area contributed by atoms with Crippen molar-refractivity contribution in [3.8, 4) is 0 Å². The Morgan fingerprint density at radius 1 is 1.40 bits per heavy atom. The summed E-state index contributed by atoms with van der Waals surface area (Å²) in [5.41, 5.74) is -1.37. The number of epoxide rings is 1. The van der Waals surface area contributed by atoms with Crippen molar-refractivity contribution in [2.75, 3.05) is 20.3 Å². The Labute approximate surface area is 89.9 Å². The zero-order valence-electron chi connectivity index (χ0n) is 9.75. The third-order valence-electron chi connectivity index (χ3n) is 3.83. The number of carbonyl (C=O) groups is 1. The van der Waals surface area contributed by atoms with Crippen LogP contribution in [0.1, 0.15) is 27.2 Å². The molecule has 0 N–H and O–H groups in total. The van der Waals surface area contributed by atoms with Crippen LogP contribution in [0, 0.1) is 5.41 Å². The highest BCUT2D eigenvalue weighted by Crippen LogP contribution is 2.63. The van der Waals surface area contributed by atoms with E-state index in [9.17, 15) is 4.79 Å². The van der Waals surface area contributed by atoms with E-state index in [0.717, 1.165) is 0 Å². The first kappa shape index (κ1) is 10.9. The molecule has 0 aromatic carbocycles. The van der Waals surface area contributed by atoms with Crippen molar-refractivity contribution in [3.05, 3.63) is 0 Å². The number of methoxy groups -OCH3 is 1. The van der Waals surface area contributed by atoms with E-state index in [4.69, 9.17) is 14.2 Å². The van der Waals surface area contributed by atoms with Crippen molar-refractivity contribution < 1.29 is 19.0 Å². The van der Waals surface area contributed by atoms with Gasteiger partial charge in [0.25, 0.3) is 0 Å². The van der Waals surface area contributed by atoms with E-state index in [1.165, 1.54) is 7.11 Å². The Kier molecular flexibility index (Phi) is 2.14. The van der Waals surface area contributed by atoms with Crippen molar-refractivity contribution in [1.82, 2.24) is 0 Å². The molecule has 2 atom stereocenters. The second-order valence-electron chi connectivity index (χ2n) is 4.98. The number of carbonyl (C=O) groups excluding carboxylic acids is 1. The molecular weight excluding hydrogens is 196 g/mol. The van der Waals surface area contributed by atoms with E-state index in [-0.39, 0.29) is 11.4 Å². The molecule has 4 nitrogen and oxygen atoms in total. The topological polar surface area (TPSA) is 48.1 Å². The molecule has 4 heteroatoms. The zero-order valence-corrected chi connectivity index (χ0v) is 9.75. The quantitative estimate of drug-likeness (QED) is 0.511. The first-order valence-electron chi connectivity index (χ1n) is 5.32. The molecule has 2 rings (SSSR count). The van der Waals surface area contributed by atoms with Gasteiger partial charge in [0.2, 0.25) is 0 Å². The lowest BCUT2D eigenvalue weighted by atomic mass is 9.73. The van der Waals surface area contributed by atoms with E-state index >= 15 is 0 Å². The Hall–Kier alpha value is -0.610. The summed E-state index contributed by atoms with van der Waals surface area (Å²) < 4.78 is 16.1. The molecule has 1 spiro atoms. The molecule has 2 aliphatic heterocycles. The van der Waals surface area contributed by atoms with Gasteiger partial charge in [-0.15, -0.1) is 0 Å². The molecule has 2 unspecified atom stereocenters. The maximum atomic E-state index is 11.8. The van der Waals surface area contributed by atoms with Crippen LogP contribution in [0.3, 0.4) is 0 Å². The molecule has 2 saturated heterocycles. The fourth-order valence-corrected chi connectivity index (χ4v) is 2.74. The van der Waals surface area contributed by atoms with Gasteiger partial charge in [-0.2, -0.15) is 0 Å². The third-order valence-corrected chi connectivity index (χ3v) is 3.83. The lowest BCUT2D eigenvalue weighted by Gasteiger charge is -2.24. The molecule has 0 bridgehead atoms. The van der Waals surface area contributed by atoms with Gasteiger partial charge < -0.3 is 14.2 Å². The van der Waals surface area contributed by atoms with Crippen LogP contribution in [0.25, 0.3) is 0 Å². The maximum Gasteiger partial charge on any atom is 0.341 e. The minimum absolute atomic E-state index is 0.128. The normalized spacial score (nSPS) is 41.9. The van der Waals surface area contributed by atoms with Gasteiger partial charge in [0.1, 0.15) is 5.60 Å². The van der Waals surface area contributed by atoms with E-state index in [0.29, 0.717) is 19.6 Å². The van der Waals surface area contributed by atoms with E-state index < -0.39 is 11.2 Å². The summed E-state index contributed by atoms with van der Waals surface area (Å²) in [5.74, 6) is -0.274. The molecule has 2 fully saturated rings. The highest BCUT2D eigenvalue weighted by atomic mass is 16.7. The van der Waals surface area contributed by atoms with Crippen molar-refractivity contribution in [3.63, 3.8) is 0 Å². The van der Waals surface area contributed by atoms with Gasteiger partial charge in [-0.05, 0) is 6.42 Å². The fourth-order valence-electron chi connectivity index (χ4n) is 2.74. The first-order valence-corrected chi connectivity index (χ1v) is 5.32. The van der Waals surface area contributed by atoms with Gasteiger partial charge >= 0.3 is 5.97 Å². The minimum atomic E-state index is -0.776. The Morgan fingerprint density at radius 3 is 2.47 bits per heavy atom. The maximum absolute atomic E-state index is 11.8. The summed E-state index contributed by atoms with van der Waals surface area (Å²) in [6, 6.07) is 0. The zero-order chi connectivity index (χ0) is 11.3. The number of rotatable bonds is 2. The van der Waals surface area contributed by atoms with Crippen molar-refractivity contribution >= 4 is 5.97 Å². The molecular formula is C11H18O4. The van der Waals surface area contributed by atoms with Gasteiger partial charge in [0.05, 0.1) is 20.3 Å². The molecule has 0 aliphatic carbocycles. The molecule has 0 saturated carbocycles. The lowest BCUT2D eigenvalue weighted by molar-refractivity contribution is -0.147. The van der Waals surface area contributed by atoms with Gasteiger partial charge in [-0.1, -0.05) is 20.8 Å². The van der Waals surface area contributed by atoms with Crippen molar-refractivity contribution in [1.29, 1.82) is 0 Å². The monoisotopic (exact) mass is 214 g/mol. The van der Waals surface area contributed by atoms with E-state index in [1.54, 1.807) is 0 Å². The standard InChI is InChI=1S/C11H18O4/c1-5-10(8(12)13-4)11(15-10)7-14-6-9(11,2)3/h5-7H2,1-4H3. The Morgan fingerprint density at radius 2 is 2.07 bits per heavy atom. The largest absolute Gasteiger partial charge is 0.467 e. The number of hydrogen-bond donors (Lipinski definition) is 0. The summed E-state index contributed by atoms with van der Waals surface area (Å²) >= 11 is 0. The van der Waals surface area contributed by atoms with Gasteiger partial charge in [-0.25, -0.2) is 4.79 Å². The predicted octanol–water partition coefficient (Wildman–Crippen LogP) is 1.13. The Bertz CT molecular complexity index is 299. The Balaban J connectivity index is 2.32. The molecule has 15 heavy (non-hydrogen) atoms. The average Bonchev–Trinajstić information content (AvgIpc) is 2.79. The summed E-state index contributed by atoms with van der Waals surface area (Å²) in [6.07, 6.45) is 0.631. The average molecular weight is 214 g/mol. The molecule has 0 aromatic heterocycles. The molecule has 0 aromatic rings. The summed E-state index contributed by atoms with van der Waals surface area (Å²) in [7, 11) is 1.40. The van der Waals surface area contributed by atoms with Gasteiger partial charge in [-0.3, -0.25) is 0 Å². The molecule has 86 valence electrons. The van der Waals surface area contributed by atoms with Crippen molar-refractivity contribution in [2.24, 2.45) is 5.41 Å². The van der Waals surface area contributed by atoms with Crippen LogP contribution in [-0.2, 0) is 19.0 Å². The highest BCUT2D eigenvalue weighted by Gasteiger charge is 2.81. The second kappa shape index (κ2) is 2.95. The number of hydrogen-bond acceptors (Lipinski definition) is 4. The summed E-state index contributed by atoms with van der Waals surface area (Å²) in [6.45, 7) is 7.20. The van der Waals surface area contributed by atoms with E-state index in [2.05, 4.69) is 13.8 Å². The minimum Gasteiger partial charge on any atom is -0.467 e. The number of ether oxygens (including phenoxy) is 3. The third kappa shape index (κ3) is 1.06. The lowest BCUT2D eigenvalue weighted by Crippen LogP contribution is -2.43. The van der Waals surface area contributed by atoms with Crippen molar-refractivity contribution in [2.45, 2.75) is 38.4 Å². The molecule has 0 radical (unpaired) electrons. The number of esters is 1. The second-order valence-corrected chi connectivity index (χ2v) is 4.98. The SMILES string of the molecule is CCC1(C(=O)OC)OC12COCC2(C)C. The smallest absolute Gasteiger partial charge is 0.341 e. The van der Waals surface area contributed by atoms with Gasteiger partial charge in [0.15, 0.2) is 5.60 Å². The molecule has 2 heterocycles. The van der Waals surface area contributed by atoms with Crippen LogP contribution in [0.2, 0.25) is 0 Å². The van der Waals surface area contributed by atoms with Crippen LogP contribution in [0.4, 0.5) is 0 Å². The van der Waals surface area contributed by atoms with Crippen LogP contribution >= 0.6 is 0 Å². The summed E-state index contributed by atoms with van der Waals surface area (Å²) in [5, 5.41) is 0. The molecule has 0 amide bonds. The van der Waals surface area contributed by atoms with Crippen LogP contribution in [0.15, 0.2) is 0 Å². The van der Waals surface area contributed by atoms with Crippen LogP contribution < -0.4 is 0 Å². The predicted molar refractivity (Wildman–Crippen MR) is 53.5 cm³/mol. The fraction of sp³-hybridized carbons (Fsp3) is 0.909. The van der Waals surface area contributed by atoms with Gasteiger partial charge in [0, 0.05) is 5.41 Å². The van der Waals surface area contributed by atoms with E-state index in [1.807, 2.05) is 6.92 Å². The summed E-state index contributed by atoms with van der Waals surface area (Å²) in [4.78, 5) is 11.8. The highest BCUT2D eigenvalue weighted by molar-refractivity contribution is 5.85. The van der Waals surface area contributed by atoms with Crippen LogP contribution in [0.5, 0.6) is 0 Å².